The lowest BCUT2D eigenvalue weighted by Crippen LogP contribution is -2.57. The molecule has 0 saturated heterocycles. The molecule has 1 unspecified atom stereocenters. The molecule has 1 fully saturated rings. The van der Waals surface area contributed by atoms with Gasteiger partial charge in [0.15, 0.2) is 5.78 Å². The van der Waals surface area contributed by atoms with Crippen molar-refractivity contribution in [1.82, 2.24) is 14.9 Å². The molecule has 4 nitrogen and oxygen atoms in total. The van der Waals surface area contributed by atoms with Crippen molar-refractivity contribution in [3.8, 4) is 0 Å². The summed E-state index contributed by atoms with van der Waals surface area (Å²) in [4.78, 5) is 25.6. The Balaban J connectivity index is 1.49. The zero-order valence-corrected chi connectivity index (χ0v) is 27.8. The van der Waals surface area contributed by atoms with E-state index in [9.17, 15) is 4.79 Å². The van der Waals surface area contributed by atoms with Crippen LogP contribution in [0.5, 0.6) is 0 Å². The van der Waals surface area contributed by atoms with Crippen molar-refractivity contribution in [2.45, 2.75) is 96.6 Å². The Bertz CT molecular complexity index is 1440. The number of H-pyrrole nitrogens is 1. The first kappa shape index (κ1) is 30.7. The van der Waals surface area contributed by atoms with E-state index in [0.717, 1.165) is 48.7 Å². The summed E-state index contributed by atoms with van der Waals surface area (Å²) >= 11 is 7.38. The van der Waals surface area contributed by atoms with Gasteiger partial charge < -0.3 is 4.98 Å². The minimum atomic E-state index is -2.20. The Labute approximate surface area is 257 Å². The first-order chi connectivity index (χ1) is 20.1. The number of rotatable bonds is 11. The van der Waals surface area contributed by atoms with Crippen LogP contribution in [0.25, 0.3) is 11.0 Å². The van der Waals surface area contributed by atoms with Crippen LogP contribution in [0.2, 0.25) is 21.6 Å². The Hall–Kier alpha value is -2.73. The van der Waals surface area contributed by atoms with Gasteiger partial charge in [-0.1, -0.05) is 114 Å². The average Bonchev–Trinajstić information content (AvgIpc) is 3.64. The molecule has 5 rings (SSSR count). The molecule has 1 N–H and O–H groups in total. The van der Waals surface area contributed by atoms with Crippen LogP contribution in [0.1, 0.15) is 82.3 Å². The number of hydrogen-bond acceptors (Lipinski definition) is 3. The van der Waals surface area contributed by atoms with Crippen molar-refractivity contribution < 1.29 is 4.79 Å². The summed E-state index contributed by atoms with van der Waals surface area (Å²) < 4.78 is 0. The number of pyridine rings is 1. The van der Waals surface area contributed by atoms with Crippen LogP contribution in [-0.4, -0.2) is 34.8 Å². The molecule has 42 heavy (non-hydrogen) atoms. The van der Waals surface area contributed by atoms with Crippen LogP contribution in [-0.2, 0) is 13.1 Å². The lowest BCUT2D eigenvalue weighted by atomic mass is 9.94. The number of aromatic amines is 1. The molecule has 0 bridgehead atoms. The molecule has 0 aliphatic heterocycles. The molecule has 0 spiro atoms. The molecule has 0 amide bonds. The molecular weight excluding hydrogens is 554 g/mol. The highest BCUT2D eigenvalue weighted by molar-refractivity contribution is 6.95. The number of carbonyl (C=O) groups excluding carboxylic acids is 1. The van der Waals surface area contributed by atoms with Crippen LogP contribution in [0.4, 0.5) is 0 Å². The fourth-order valence-corrected chi connectivity index (χ4v) is 15.3. The number of nitrogens with one attached hydrogen (secondary N) is 1. The van der Waals surface area contributed by atoms with E-state index in [-0.39, 0.29) is 11.7 Å². The fraction of sp³-hybridized carbons (Fsp3) is 0.444. The maximum absolute atomic E-state index is 14.5. The highest BCUT2D eigenvalue weighted by Crippen LogP contribution is 2.44. The Morgan fingerprint density at radius 2 is 1.43 bits per heavy atom. The predicted molar refractivity (Wildman–Crippen MR) is 179 cm³/mol. The van der Waals surface area contributed by atoms with Crippen molar-refractivity contribution in [3.63, 3.8) is 0 Å². The fourth-order valence-electron chi connectivity index (χ4n) is 8.08. The zero-order valence-electron chi connectivity index (χ0n) is 26.0. The average molecular weight is 600 g/mol. The smallest absolute Gasteiger partial charge is 0.168 e. The van der Waals surface area contributed by atoms with E-state index in [1.165, 1.54) is 11.1 Å². The van der Waals surface area contributed by atoms with Gasteiger partial charge in [-0.2, -0.15) is 0 Å². The van der Waals surface area contributed by atoms with Gasteiger partial charge in [-0.05, 0) is 53.1 Å². The number of benzene rings is 2. The summed E-state index contributed by atoms with van der Waals surface area (Å²) in [6, 6.07) is 23.7. The SMILES string of the molecule is CC(C)[Si](c1nc2[nH]ccc2c(C(=O)C2CC[C@H](N(Cc3ccccc3)Cc3ccccc3)C2)c1Cl)(C(C)C)C(C)C. The lowest BCUT2D eigenvalue weighted by Gasteiger charge is -2.43. The molecule has 222 valence electrons. The monoisotopic (exact) mass is 599 g/mol. The van der Waals surface area contributed by atoms with E-state index >= 15 is 0 Å². The third-order valence-electron chi connectivity index (χ3n) is 9.92. The summed E-state index contributed by atoms with van der Waals surface area (Å²) in [7, 11) is -2.20. The van der Waals surface area contributed by atoms with E-state index in [1.54, 1.807) is 0 Å². The molecule has 1 aliphatic rings. The van der Waals surface area contributed by atoms with E-state index in [2.05, 4.69) is 112 Å². The van der Waals surface area contributed by atoms with Crippen LogP contribution in [0.3, 0.4) is 0 Å². The van der Waals surface area contributed by atoms with Crippen molar-refractivity contribution in [1.29, 1.82) is 0 Å². The summed E-state index contributed by atoms with van der Waals surface area (Å²) in [5, 5.41) is 2.48. The quantitative estimate of drug-likeness (QED) is 0.138. The lowest BCUT2D eigenvalue weighted by molar-refractivity contribution is 0.0913. The maximum atomic E-state index is 14.5. The van der Waals surface area contributed by atoms with Gasteiger partial charge in [-0.15, -0.1) is 0 Å². The first-order valence-electron chi connectivity index (χ1n) is 15.7. The van der Waals surface area contributed by atoms with E-state index < -0.39 is 8.07 Å². The van der Waals surface area contributed by atoms with Crippen LogP contribution >= 0.6 is 11.6 Å². The van der Waals surface area contributed by atoms with Gasteiger partial charge in [0.25, 0.3) is 0 Å². The molecule has 4 aromatic rings. The highest BCUT2D eigenvalue weighted by atomic mass is 35.5. The van der Waals surface area contributed by atoms with Gasteiger partial charge >= 0.3 is 0 Å². The van der Waals surface area contributed by atoms with E-state index in [1.807, 2.05) is 12.3 Å². The Morgan fingerprint density at radius 3 is 1.95 bits per heavy atom. The van der Waals surface area contributed by atoms with Crippen molar-refractivity contribution in [2.75, 3.05) is 0 Å². The Kier molecular flexibility index (Phi) is 9.41. The van der Waals surface area contributed by atoms with Crippen LogP contribution in [0.15, 0.2) is 72.9 Å². The third-order valence-corrected chi connectivity index (χ3v) is 17.4. The largest absolute Gasteiger partial charge is 0.346 e. The molecule has 2 heterocycles. The number of halogens is 1. The third kappa shape index (κ3) is 5.76. The molecule has 2 aromatic heterocycles. The van der Waals surface area contributed by atoms with E-state index in [4.69, 9.17) is 16.6 Å². The normalized spacial score (nSPS) is 17.8. The molecule has 2 atom stereocenters. The van der Waals surface area contributed by atoms with Crippen molar-refractivity contribution >= 4 is 41.8 Å². The second kappa shape index (κ2) is 12.9. The second-order valence-corrected chi connectivity index (χ2v) is 19.4. The standard InChI is InChI=1S/C36H46ClN3OSi/c1-24(2)42(25(3)4,26(5)6)36-33(37)32(31-19-20-38-35(31)39-36)34(41)29-17-18-30(21-29)40(22-27-13-9-7-10-14-27)23-28-15-11-8-12-16-28/h7-16,19-20,24-26,29-30H,17-18,21-23H2,1-6H3,(H,38,39)/t29?,30-/m0/s1. The summed E-state index contributed by atoms with van der Waals surface area (Å²) in [6.07, 6.45) is 4.63. The van der Waals surface area contributed by atoms with Gasteiger partial charge in [0.1, 0.15) is 13.7 Å². The molecule has 1 aliphatic carbocycles. The first-order valence-corrected chi connectivity index (χ1v) is 18.3. The van der Waals surface area contributed by atoms with Crippen LogP contribution < -0.4 is 5.32 Å². The van der Waals surface area contributed by atoms with Gasteiger partial charge in [0.2, 0.25) is 0 Å². The zero-order chi connectivity index (χ0) is 30.0. The summed E-state index contributed by atoms with van der Waals surface area (Å²) in [5.41, 5.74) is 5.42. The minimum Gasteiger partial charge on any atom is -0.346 e. The molecular formula is C36H46ClN3OSi. The number of ketones is 1. The van der Waals surface area contributed by atoms with Gasteiger partial charge in [-0.3, -0.25) is 9.69 Å². The maximum Gasteiger partial charge on any atom is 0.168 e. The number of fused-ring (bicyclic) bond motifs is 1. The minimum absolute atomic E-state index is 0.0527. The second-order valence-electron chi connectivity index (χ2n) is 13.2. The highest BCUT2D eigenvalue weighted by Gasteiger charge is 2.48. The van der Waals surface area contributed by atoms with Gasteiger partial charge in [0, 0.05) is 47.5 Å². The van der Waals surface area contributed by atoms with Crippen molar-refractivity contribution in [2.24, 2.45) is 5.92 Å². The number of hydrogen-bond donors (Lipinski definition) is 1. The molecule has 1 saturated carbocycles. The van der Waals surface area contributed by atoms with Gasteiger partial charge in [-0.25, -0.2) is 4.98 Å². The number of carbonyl (C=O) groups is 1. The molecule has 2 aromatic carbocycles. The number of Topliss-reactive ketones (excluding diaryl/α,β-unsaturated/α-hetero) is 1. The number of nitrogens with zero attached hydrogens (tertiary/aromatic N) is 2. The van der Waals surface area contributed by atoms with E-state index in [0.29, 0.717) is 33.3 Å². The van der Waals surface area contributed by atoms with Crippen molar-refractivity contribution in [3.05, 3.63) is 94.6 Å². The van der Waals surface area contributed by atoms with Gasteiger partial charge in [0.05, 0.1) is 5.02 Å². The number of aromatic nitrogens is 2. The molecule has 0 radical (unpaired) electrons. The van der Waals surface area contributed by atoms with Crippen LogP contribution in [0, 0.1) is 5.92 Å². The molecule has 6 heteroatoms. The topological polar surface area (TPSA) is 49.0 Å². The Morgan fingerprint density at radius 1 is 0.881 bits per heavy atom. The predicted octanol–water partition coefficient (Wildman–Crippen LogP) is 9.16. The summed E-state index contributed by atoms with van der Waals surface area (Å²) in [6.45, 7) is 15.7. The summed E-state index contributed by atoms with van der Waals surface area (Å²) in [5.74, 6) is 0.136.